The lowest BCUT2D eigenvalue weighted by Crippen LogP contribution is -2.51. The van der Waals surface area contributed by atoms with Crippen molar-refractivity contribution in [2.75, 3.05) is 20.2 Å². The molecule has 0 fully saturated rings. The maximum absolute atomic E-state index is 12.4. The first-order chi connectivity index (χ1) is 11.4. The third-order valence-electron chi connectivity index (χ3n) is 3.72. The molecule has 0 saturated carbocycles. The van der Waals surface area contributed by atoms with Crippen LogP contribution in [0.4, 0.5) is 0 Å². The van der Waals surface area contributed by atoms with Gasteiger partial charge in [0.2, 0.25) is 5.91 Å². The summed E-state index contributed by atoms with van der Waals surface area (Å²) in [6.45, 7) is 9.21. The number of nitrogens with one attached hydrogen (secondary N) is 3. The van der Waals surface area contributed by atoms with Gasteiger partial charge in [-0.2, -0.15) is 0 Å². The molecule has 0 aliphatic heterocycles. The molecule has 2 amide bonds. The van der Waals surface area contributed by atoms with Gasteiger partial charge in [-0.05, 0) is 43.7 Å². The smallest absolute Gasteiger partial charge is 0.251 e. The number of carbonyl (C=O) groups is 2. The van der Waals surface area contributed by atoms with Crippen LogP contribution in [0.2, 0.25) is 0 Å². The van der Waals surface area contributed by atoms with Crippen molar-refractivity contribution in [2.45, 2.75) is 39.8 Å². The van der Waals surface area contributed by atoms with Gasteiger partial charge in [-0.25, -0.2) is 0 Å². The van der Waals surface area contributed by atoms with E-state index in [4.69, 9.17) is 4.74 Å². The molecule has 0 saturated heterocycles. The molecule has 0 spiro atoms. The van der Waals surface area contributed by atoms with E-state index in [1.807, 2.05) is 27.7 Å². The van der Waals surface area contributed by atoms with E-state index in [2.05, 4.69) is 16.0 Å². The zero-order valence-corrected chi connectivity index (χ0v) is 16.4. The van der Waals surface area contributed by atoms with Gasteiger partial charge in [-0.3, -0.25) is 9.59 Å². The van der Waals surface area contributed by atoms with E-state index in [0.29, 0.717) is 17.9 Å². The van der Waals surface area contributed by atoms with Crippen LogP contribution in [0.5, 0.6) is 5.75 Å². The molecule has 1 aromatic carbocycles. The molecule has 25 heavy (non-hydrogen) atoms. The molecule has 7 heteroatoms. The van der Waals surface area contributed by atoms with Gasteiger partial charge in [0.1, 0.15) is 11.8 Å². The summed E-state index contributed by atoms with van der Waals surface area (Å²) in [6.07, 6.45) is 0. The van der Waals surface area contributed by atoms with E-state index >= 15 is 0 Å². The second-order valence-corrected chi connectivity index (χ2v) is 6.13. The molecule has 0 aliphatic rings. The predicted molar refractivity (Wildman–Crippen MR) is 102 cm³/mol. The summed E-state index contributed by atoms with van der Waals surface area (Å²) >= 11 is 0. The summed E-state index contributed by atoms with van der Waals surface area (Å²) < 4.78 is 5.08. The Balaban J connectivity index is 0.00000576. The maximum atomic E-state index is 12.4. The highest BCUT2D eigenvalue weighted by atomic mass is 35.5. The van der Waals surface area contributed by atoms with Crippen LogP contribution in [0, 0.1) is 5.92 Å². The van der Waals surface area contributed by atoms with Crippen molar-refractivity contribution in [3.63, 3.8) is 0 Å². The summed E-state index contributed by atoms with van der Waals surface area (Å²) in [5.41, 5.74) is 0.496. The number of methoxy groups -OCH3 is 1. The quantitative estimate of drug-likeness (QED) is 0.620. The number of hydrogen-bond acceptors (Lipinski definition) is 4. The van der Waals surface area contributed by atoms with E-state index in [1.54, 1.807) is 31.4 Å². The van der Waals surface area contributed by atoms with Crippen LogP contribution in [-0.4, -0.2) is 44.1 Å². The average molecular weight is 372 g/mol. The molecule has 0 aromatic heterocycles. The van der Waals surface area contributed by atoms with Crippen LogP contribution in [0.1, 0.15) is 38.1 Å². The maximum Gasteiger partial charge on any atom is 0.251 e. The minimum Gasteiger partial charge on any atom is -0.497 e. The van der Waals surface area contributed by atoms with E-state index in [9.17, 15) is 9.59 Å². The molecular formula is C18H30ClN3O3. The largest absolute Gasteiger partial charge is 0.497 e. The number of rotatable bonds is 9. The fraction of sp³-hybridized carbons (Fsp3) is 0.556. The van der Waals surface area contributed by atoms with Gasteiger partial charge in [0.05, 0.1) is 7.11 Å². The minimum absolute atomic E-state index is 0. The number of likely N-dealkylation sites (N-methyl/N-ethyl adjacent to an activating group) is 1. The summed E-state index contributed by atoms with van der Waals surface area (Å²) in [6, 6.07) is 6.40. The van der Waals surface area contributed by atoms with Gasteiger partial charge in [0.15, 0.2) is 0 Å². The molecular weight excluding hydrogens is 342 g/mol. The number of halogens is 1. The average Bonchev–Trinajstić information content (AvgIpc) is 2.57. The monoisotopic (exact) mass is 371 g/mol. The molecule has 2 atom stereocenters. The van der Waals surface area contributed by atoms with Gasteiger partial charge >= 0.3 is 0 Å². The highest BCUT2D eigenvalue weighted by Gasteiger charge is 2.24. The Labute approximate surface area is 156 Å². The predicted octanol–water partition coefficient (Wildman–Crippen LogP) is 1.99. The fourth-order valence-electron chi connectivity index (χ4n) is 2.29. The van der Waals surface area contributed by atoms with E-state index in [1.165, 1.54) is 0 Å². The van der Waals surface area contributed by atoms with Crippen LogP contribution in [-0.2, 0) is 4.79 Å². The second-order valence-electron chi connectivity index (χ2n) is 6.13. The SMILES string of the molecule is CCN[C@H](C)CNC(=O)C(NC(=O)c1ccc(OC)cc1)C(C)C.Cl. The standard InChI is InChI=1S/C18H29N3O3.ClH/c1-6-19-13(4)11-20-18(23)16(12(2)3)21-17(22)14-7-9-15(24-5)10-8-14;/h7-10,12-13,16,19H,6,11H2,1-5H3,(H,20,23)(H,21,22);1H/t13-,16?;/m1./s1. The van der Waals surface area contributed by atoms with Crippen molar-refractivity contribution in [3.8, 4) is 5.75 Å². The molecule has 1 unspecified atom stereocenters. The number of carbonyl (C=O) groups excluding carboxylic acids is 2. The zero-order chi connectivity index (χ0) is 18.1. The Bertz CT molecular complexity index is 535. The van der Waals surface area contributed by atoms with Crippen LogP contribution in [0.15, 0.2) is 24.3 Å². The molecule has 0 bridgehead atoms. The Morgan fingerprint density at radius 3 is 2.20 bits per heavy atom. The van der Waals surface area contributed by atoms with Crippen molar-refractivity contribution in [1.82, 2.24) is 16.0 Å². The molecule has 0 heterocycles. The molecule has 1 rings (SSSR count). The molecule has 6 nitrogen and oxygen atoms in total. The van der Waals surface area contributed by atoms with E-state index in [0.717, 1.165) is 6.54 Å². The summed E-state index contributed by atoms with van der Waals surface area (Å²) in [7, 11) is 1.57. The normalized spacial score (nSPS) is 12.7. The van der Waals surface area contributed by atoms with E-state index < -0.39 is 6.04 Å². The van der Waals surface area contributed by atoms with Crippen LogP contribution >= 0.6 is 12.4 Å². The van der Waals surface area contributed by atoms with Crippen molar-refractivity contribution in [3.05, 3.63) is 29.8 Å². The Hall–Kier alpha value is -1.79. The highest BCUT2D eigenvalue weighted by molar-refractivity contribution is 5.97. The number of hydrogen-bond donors (Lipinski definition) is 3. The topological polar surface area (TPSA) is 79.5 Å². The molecule has 0 radical (unpaired) electrons. The number of ether oxygens (including phenoxy) is 1. The van der Waals surface area contributed by atoms with Crippen molar-refractivity contribution < 1.29 is 14.3 Å². The van der Waals surface area contributed by atoms with Crippen LogP contribution < -0.4 is 20.7 Å². The lowest BCUT2D eigenvalue weighted by molar-refractivity contribution is -0.124. The number of amides is 2. The van der Waals surface area contributed by atoms with Gasteiger partial charge in [-0.15, -0.1) is 12.4 Å². The molecule has 3 N–H and O–H groups in total. The third kappa shape index (κ3) is 7.75. The third-order valence-corrected chi connectivity index (χ3v) is 3.72. The van der Waals surface area contributed by atoms with Crippen LogP contribution in [0.25, 0.3) is 0 Å². The summed E-state index contributed by atoms with van der Waals surface area (Å²) in [5, 5.41) is 8.93. The van der Waals surface area contributed by atoms with E-state index in [-0.39, 0.29) is 36.2 Å². The Morgan fingerprint density at radius 2 is 1.72 bits per heavy atom. The Kier molecular flexibility index (Phi) is 10.9. The van der Waals surface area contributed by atoms with Crippen molar-refractivity contribution in [1.29, 1.82) is 0 Å². The van der Waals surface area contributed by atoms with Crippen molar-refractivity contribution in [2.24, 2.45) is 5.92 Å². The summed E-state index contributed by atoms with van der Waals surface area (Å²) in [5.74, 6) is 0.228. The zero-order valence-electron chi connectivity index (χ0n) is 15.6. The first kappa shape index (κ1) is 23.2. The summed E-state index contributed by atoms with van der Waals surface area (Å²) in [4.78, 5) is 24.7. The Morgan fingerprint density at radius 1 is 1.12 bits per heavy atom. The molecule has 1 aromatic rings. The number of benzene rings is 1. The highest BCUT2D eigenvalue weighted by Crippen LogP contribution is 2.12. The first-order valence-corrected chi connectivity index (χ1v) is 8.35. The first-order valence-electron chi connectivity index (χ1n) is 8.35. The second kappa shape index (κ2) is 11.7. The minimum atomic E-state index is -0.576. The van der Waals surface area contributed by atoms with Gasteiger partial charge in [-0.1, -0.05) is 20.8 Å². The van der Waals surface area contributed by atoms with Crippen LogP contribution in [0.3, 0.4) is 0 Å². The lowest BCUT2D eigenvalue weighted by Gasteiger charge is -2.23. The van der Waals surface area contributed by atoms with Gasteiger partial charge in [0.25, 0.3) is 5.91 Å². The van der Waals surface area contributed by atoms with Crippen molar-refractivity contribution >= 4 is 24.2 Å². The fourth-order valence-corrected chi connectivity index (χ4v) is 2.29. The lowest BCUT2D eigenvalue weighted by atomic mass is 10.0. The van der Waals surface area contributed by atoms with Gasteiger partial charge in [0, 0.05) is 18.2 Å². The van der Waals surface area contributed by atoms with Gasteiger partial charge < -0.3 is 20.7 Å². The molecule has 142 valence electrons. The molecule has 0 aliphatic carbocycles.